The van der Waals surface area contributed by atoms with E-state index in [0.29, 0.717) is 11.8 Å². The summed E-state index contributed by atoms with van der Waals surface area (Å²) in [6.45, 7) is 1.69. The summed E-state index contributed by atoms with van der Waals surface area (Å²) in [5.41, 5.74) is 3.34. The van der Waals surface area contributed by atoms with Crippen LogP contribution in [0.5, 0.6) is 5.75 Å². The molecule has 0 unspecified atom stereocenters. The van der Waals surface area contributed by atoms with Gasteiger partial charge in [-0.2, -0.15) is 0 Å². The van der Waals surface area contributed by atoms with Gasteiger partial charge in [-0.05, 0) is 61.6 Å². The van der Waals surface area contributed by atoms with Crippen molar-refractivity contribution in [1.82, 2.24) is 9.88 Å². The predicted octanol–water partition coefficient (Wildman–Crippen LogP) is 3.84. The summed E-state index contributed by atoms with van der Waals surface area (Å²) in [6, 6.07) is 12.4. The summed E-state index contributed by atoms with van der Waals surface area (Å²) in [4.78, 5) is 18.8. The molecule has 1 aliphatic carbocycles. The van der Waals surface area contributed by atoms with E-state index in [1.807, 2.05) is 24.4 Å². The number of benzene rings is 1. The van der Waals surface area contributed by atoms with Crippen LogP contribution in [0.1, 0.15) is 37.7 Å². The van der Waals surface area contributed by atoms with Gasteiger partial charge >= 0.3 is 0 Å². The fraction of sp³-hybridized carbons (Fsp3) is 0.455. The molecule has 0 bridgehead atoms. The number of piperidine rings is 1. The van der Waals surface area contributed by atoms with Gasteiger partial charge in [-0.1, -0.05) is 6.07 Å². The second-order valence-corrected chi connectivity index (χ2v) is 7.92. The molecule has 4 nitrogen and oxygen atoms in total. The van der Waals surface area contributed by atoms with E-state index >= 15 is 0 Å². The van der Waals surface area contributed by atoms with Crippen LogP contribution in [-0.4, -0.2) is 34.5 Å². The van der Waals surface area contributed by atoms with E-state index in [1.165, 1.54) is 5.56 Å². The SMILES string of the molecule is O=C(C1CC1)N1CCC2(CCc3cc(-c4ccccn4)ccc3O2)CC1. The molecule has 3 heterocycles. The average Bonchev–Trinajstić information content (AvgIpc) is 3.54. The number of carbonyl (C=O) groups excluding carboxylic acids is 1. The van der Waals surface area contributed by atoms with E-state index in [9.17, 15) is 4.79 Å². The third-order valence-corrected chi connectivity index (χ3v) is 6.11. The maximum Gasteiger partial charge on any atom is 0.225 e. The molecule has 1 spiro atoms. The number of aryl methyl sites for hydroxylation is 1. The van der Waals surface area contributed by atoms with E-state index in [-0.39, 0.29) is 5.60 Å². The lowest BCUT2D eigenvalue weighted by Crippen LogP contribution is -2.51. The Labute approximate surface area is 154 Å². The largest absolute Gasteiger partial charge is 0.487 e. The highest BCUT2D eigenvalue weighted by Gasteiger charge is 2.42. The maximum atomic E-state index is 12.3. The molecule has 1 aromatic carbocycles. The van der Waals surface area contributed by atoms with Crippen molar-refractivity contribution in [2.75, 3.05) is 13.1 Å². The molecular weight excluding hydrogens is 324 g/mol. The van der Waals surface area contributed by atoms with Crippen molar-refractivity contribution in [2.45, 2.75) is 44.1 Å². The first-order valence-corrected chi connectivity index (χ1v) is 9.75. The number of likely N-dealkylation sites (tertiary alicyclic amines) is 1. The fourth-order valence-electron chi connectivity index (χ4n) is 4.29. The summed E-state index contributed by atoms with van der Waals surface area (Å²) in [5, 5.41) is 0. The lowest BCUT2D eigenvalue weighted by atomic mass is 9.82. The Morgan fingerprint density at radius 2 is 1.96 bits per heavy atom. The molecule has 4 heteroatoms. The molecule has 1 saturated carbocycles. The number of aromatic nitrogens is 1. The number of fused-ring (bicyclic) bond motifs is 1. The molecular formula is C22H24N2O2. The number of ether oxygens (including phenoxy) is 1. The molecule has 1 saturated heterocycles. The van der Waals surface area contributed by atoms with Crippen LogP contribution in [-0.2, 0) is 11.2 Å². The zero-order chi connectivity index (χ0) is 17.6. The highest BCUT2D eigenvalue weighted by molar-refractivity contribution is 5.81. The van der Waals surface area contributed by atoms with E-state index in [0.717, 1.165) is 68.6 Å². The number of pyridine rings is 1. The molecule has 2 fully saturated rings. The molecule has 134 valence electrons. The van der Waals surface area contributed by atoms with Gasteiger partial charge < -0.3 is 9.64 Å². The van der Waals surface area contributed by atoms with Gasteiger partial charge in [-0.3, -0.25) is 9.78 Å². The molecule has 1 amide bonds. The Morgan fingerprint density at radius 1 is 1.12 bits per heavy atom. The molecule has 1 aromatic heterocycles. The van der Waals surface area contributed by atoms with Crippen LogP contribution in [0.2, 0.25) is 0 Å². The molecule has 26 heavy (non-hydrogen) atoms. The van der Waals surface area contributed by atoms with Gasteiger partial charge in [0.05, 0.1) is 5.69 Å². The van der Waals surface area contributed by atoms with Gasteiger partial charge in [0.15, 0.2) is 0 Å². The Hall–Kier alpha value is -2.36. The van der Waals surface area contributed by atoms with Crippen molar-refractivity contribution in [3.8, 4) is 17.0 Å². The summed E-state index contributed by atoms with van der Waals surface area (Å²) in [5.74, 6) is 1.70. The number of carbonyl (C=O) groups is 1. The minimum absolute atomic E-state index is 0.0835. The lowest BCUT2D eigenvalue weighted by molar-refractivity contribution is -0.136. The molecule has 0 radical (unpaired) electrons. The van der Waals surface area contributed by atoms with Crippen LogP contribution in [0.4, 0.5) is 0 Å². The Bertz CT molecular complexity index is 821. The summed E-state index contributed by atoms with van der Waals surface area (Å²) in [6.07, 6.45) is 7.98. The standard InChI is InChI=1S/C22H24N2O2/c25-21(16-4-5-16)24-13-10-22(11-14-24)9-8-18-15-17(6-7-20(18)26-22)19-3-1-2-12-23-19/h1-3,6-7,12,15-16H,4-5,8-11,13-14H2. The molecule has 2 aromatic rings. The Balaban J connectivity index is 1.30. The van der Waals surface area contributed by atoms with Crippen molar-refractivity contribution < 1.29 is 9.53 Å². The Kier molecular flexibility index (Phi) is 3.73. The van der Waals surface area contributed by atoms with Crippen LogP contribution in [0.15, 0.2) is 42.6 Å². The summed E-state index contributed by atoms with van der Waals surface area (Å²) >= 11 is 0. The van der Waals surface area contributed by atoms with E-state index in [1.54, 1.807) is 0 Å². The quantitative estimate of drug-likeness (QED) is 0.828. The van der Waals surface area contributed by atoms with Gasteiger partial charge in [0, 0.05) is 43.6 Å². The third kappa shape index (κ3) is 2.87. The van der Waals surface area contributed by atoms with Gasteiger partial charge in [0.25, 0.3) is 0 Å². The van der Waals surface area contributed by atoms with Crippen molar-refractivity contribution >= 4 is 5.91 Å². The highest BCUT2D eigenvalue weighted by Crippen LogP contribution is 2.41. The van der Waals surface area contributed by atoms with E-state index in [2.05, 4.69) is 28.1 Å². The zero-order valence-electron chi connectivity index (χ0n) is 15.0. The minimum Gasteiger partial charge on any atom is -0.487 e. The first kappa shape index (κ1) is 15.9. The molecule has 0 N–H and O–H groups in total. The molecule has 3 aliphatic rings. The van der Waals surface area contributed by atoms with Crippen molar-refractivity contribution in [3.05, 3.63) is 48.2 Å². The van der Waals surface area contributed by atoms with Gasteiger partial charge in [0.2, 0.25) is 5.91 Å². The van der Waals surface area contributed by atoms with Crippen LogP contribution in [0, 0.1) is 5.92 Å². The third-order valence-electron chi connectivity index (χ3n) is 6.11. The zero-order valence-corrected chi connectivity index (χ0v) is 15.0. The molecule has 0 atom stereocenters. The monoisotopic (exact) mass is 348 g/mol. The minimum atomic E-state index is -0.0835. The van der Waals surface area contributed by atoms with Crippen molar-refractivity contribution in [2.24, 2.45) is 5.92 Å². The fourth-order valence-corrected chi connectivity index (χ4v) is 4.29. The normalized spacial score (nSPS) is 21.2. The molecule has 2 aliphatic heterocycles. The number of hydrogen-bond donors (Lipinski definition) is 0. The van der Waals surface area contributed by atoms with Crippen LogP contribution >= 0.6 is 0 Å². The van der Waals surface area contributed by atoms with Crippen LogP contribution in [0.25, 0.3) is 11.3 Å². The highest BCUT2D eigenvalue weighted by atomic mass is 16.5. The predicted molar refractivity (Wildman–Crippen MR) is 99.9 cm³/mol. The van der Waals surface area contributed by atoms with Crippen molar-refractivity contribution in [1.29, 1.82) is 0 Å². The summed E-state index contributed by atoms with van der Waals surface area (Å²) in [7, 11) is 0. The average molecular weight is 348 g/mol. The maximum absolute atomic E-state index is 12.3. The summed E-state index contributed by atoms with van der Waals surface area (Å²) < 4.78 is 6.50. The number of nitrogens with zero attached hydrogens (tertiary/aromatic N) is 2. The Morgan fingerprint density at radius 3 is 2.69 bits per heavy atom. The number of rotatable bonds is 2. The van der Waals surface area contributed by atoms with Crippen LogP contribution in [0.3, 0.4) is 0 Å². The topological polar surface area (TPSA) is 42.4 Å². The van der Waals surface area contributed by atoms with E-state index < -0.39 is 0 Å². The first-order valence-electron chi connectivity index (χ1n) is 9.75. The number of amides is 1. The van der Waals surface area contributed by atoms with Gasteiger partial charge in [-0.15, -0.1) is 0 Å². The molecule has 5 rings (SSSR count). The number of hydrogen-bond acceptors (Lipinski definition) is 3. The van der Waals surface area contributed by atoms with Gasteiger partial charge in [0.1, 0.15) is 11.4 Å². The smallest absolute Gasteiger partial charge is 0.225 e. The van der Waals surface area contributed by atoms with Gasteiger partial charge in [-0.25, -0.2) is 0 Å². The lowest BCUT2D eigenvalue weighted by Gasteiger charge is -2.44. The second-order valence-electron chi connectivity index (χ2n) is 7.92. The van der Waals surface area contributed by atoms with Crippen molar-refractivity contribution in [3.63, 3.8) is 0 Å². The first-order chi connectivity index (χ1) is 12.7. The van der Waals surface area contributed by atoms with E-state index in [4.69, 9.17) is 4.74 Å². The second kappa shape index (κ2) is 6.11. The van der Waals surface area contributed by atoms with Crippen LogP contribution < -0.4 is 4.74 Å².